The SMILES string of the molecule is O=C(N[C@@H]1CCCc2ccccc21)c1ccc(NS(=O)(=O)c2ccc3c(c2)OCCO3)cc1. The minimum absolute atomic E-state index is 0.0177. The van der Waals surface area contributed by atoms with Gasteiger partial charge in [0.1, 0.15) is 13.2 Å². The molecule has 8 heteroatoms. The van der Waals surface area contributed by atoms with Gasteiger partial charge in [-0.1, -0.05) is 24.3 Å². The van der Waals surface area contributed by atoms with Gasteiger partial charge in [0.2, 0.25) is 0 Å². The molecule has 0 aromatic heterocycles. The third kappa shape index (κ3) is 4.52. The van der Waals surface area contributed by atoms with E-state index < -0.39 is 10.0 Å². The number of hydrogen-bond donors (Lipinski definition) is 2. The lowest BCUT2D eigenvalue weighted by Gasteiger charge is -2.26. The van der Waals surface area contributed by atoms with E-state index in [0.29, 0.717) is 36.0 Å². The molecule has 1 atom stereocenters. The zero-order valence-corrected chi connectivity index (χ0v) is 18.7. The summed E-state index contributed by atoms with van der Waals surface area (Å²) in [5.41, 5.74) is 3.28. The van der Waals surface area contributed by atoms with Crippen molar-refractivity contribution >= 4 is 21.6 Å². The summed E-state index contributed by atoms with van der Waals surface area (Å²) in [7, 11) is -3.82. The Bertz CT molecular complexity index is 1290. The van der Waals surface area contributed by atoms with Crippen molar-refractivity contribution in [3.8, 4) is 11.5 Å². The Labute approximate surface area is 192 Å². The number of amides is 1. The number of ether oxygens (including phenoxy) is 2. The number of carbonyl (C=O) groups excluding carboxylic acids is 1. The molecule has 0 unspecified atom stereocenters. The first-order valence-corrected chi connectivity index (χ1v) is 12.4. The molecule has 170 valence electrons. The molecule has 1 amide bonds. The molecule has 0 fully saturated rings. The zero-order chi connectivity index (χ0) is 22.8. The summed E-state index contributed by atoms with van der Waals surface area (Å²) in [5.74, 6) is 0.745. The number of benzene rings is 3. The molecule has 5 rings (SSSR count). The van der Waals surface area contributed by atoms with Gasteiger partial charge >= 0.3 is 0 Å². The largest absolute Gasteiger partial charge is 0.486 e. The highest BCUT2D eigenvalue weighted by molar-refractivity contribution is 7.92. The second kappa shape index (κ2) is 8.78. The summed E-state index contributed by atoms with van der Waals surface area (Å²) in [4.78, 5) is 12.9. The van der Waals surface area contributed by atoms with Crippen LogP contribution in [-0.2, 0) is 16.4 Å². The van der Waals surface area contributed by atoms with E-state index >= 15 is 0 Å². The van der Waals surface area contributed by atoms with Crippen LogP contribution in [0.5, 0.6) is 11.5 Å². The number of carbonyl (C=O) groups is 1. The first-order chi connectivity index (χ1) is 16.0. The number of rotatable bonds is 5. The number of hydrogen-bond acceptors (Lipinski definition) is 5. The van der Waals surface area contributed by atoms with E-state index in [1.54, 1.807) is 30.3 Å². The number of nitrogens with one attached hydrogen (secondary N) is 2. The van der Waals surface area contributed by atoms with Crippen molar-refractivity contribution in [3.05, 3.63) is 83.4 Å². The van der Waals surface area contributed by atoms with Gasteiger partial charge < -0.3 is 14.8 Å². The maximum atomic E-state index is 12.8. The summed E-state index contributed by atoms with van der Waals surface area (Å²) in [6.45, 7) is 0.810. The maximum absolute atomic E-state index is 12.8. The van der Waals surface area contributed by atoms with Crippen molar-refractivity contribution in [1.29, 1.82) is 0 Å². The molecule has 0 bridgehead atoms. The van der Waals surface area contributed by atoms with Gasteiger partial charge in [-0.15, -0.1) is 0 Å². The minimum Gasteiger partial charge on any atom is -0.486 e. The second-order valence-corrected chi connectivity index (χ2v) is 9.79. The lowest BCUT2D eigenvalue weighted by Crippen LogP contribution is -2.30. The van der Waals surface area contributed by atoms with Crippen LogP contribution in [0.3, 0.4) is 0 Å². The average Bonchev–Trinajstić information content (AvgIpc) is 2.84. The van der Waals surface area contributed by atoms with Crippen LogP contribution in [0.4, 0.5) is 5.69 Å². The average molecular weight is 465 g/mol. The van der Waals surface area contributed by atoms with Crippen molar-refractivity contribution < 1.29 is 22.7 Å². The predicted octanol–water partition coefficient (Wildman–Crippen LogP) is 4.07. The Kier molecular flexibility index (Phi) is 5.68. The standard InChI is InChI=1S/C25H24N2O5S/c28-25(26-22-7-3-5-17-4-1-2-6-21(17)22)18-8-10-19(11-9-18)27-33(29,30)20-12-13-23-24(16-20)32-15-14-31-23/h1-2,4,6,8-13,16,22,27H,3,5,7,14-15H2,(H,26,28)/t22-/m1/s1. The monoisotopic (exact) mass is 464 g/mol. The van der Waals surface area contributed by atoms with E-state index in [4.69, 9.17) is 9.47 Å². The third-order valence-corrected chi connectivity index (χ3v) is 7.28. The van der Waals surface area contributed by atoms with Crippen molar-refractivity contribution in [2.45, 2.75) is 30.2 Å². The molecule has 0 saturated carbocycles. The molecule has 1 heterocycles. The topological polar surface area (TPSA) is 93.7 Å². The molecule has 33 heavy (non-hydrogen) atoms. The van der Waals surface area contributed by atoms with E-state index in [-0.39, 0.29) is 16.8 Å². The fraction of sp³-hybridized carbons (Fsp3) is 0.240. The zero-order valence-electron chi connectivity index (χ0n) is 17.9. The van der Waals surface area contributed by atoms with Crippen LogP contribution >= 0.6 is 0 Å². The molecule has 7 nitrogen and oxygen atoms in total. The fourth-order valence-corrected chi connectivity index (χ4v) is 5.31. The van der Waals surface area contributed by atoms with E-state index in [9.17, 15) is 13.2 Å². The molecule has 0 saturated heterocycles. The molecule has 2 N–H and O–H groups in total. The lowest BCUT2D eigenvalue weighted by atomic mass is 9.87. The third-order valence-electron chi connectivity index (χ3n) is 5.90. The summed E-state index contributed by atoms with van der Waals surface area (Å²) < 4.78 is 39.1. The Morgan fingerprint density at radius 1 is 0.909 bits per heavy atom. The highest BCUT2D eigenvalue weighted by Crippen LogP contribution is 2.33. The van der Waals surface area contributed by atoms with Crippen LogP contribution in [0.15, 0.2) is 71.6 Å². The lowest BCUT2D eigenvalue weighted by molar-refractivity contribution is 0.0932. The van der Waals surface area contributed by atoms with Gasteiger partial charge in [-0.05, 0) is 66.8 Å². The van der Waals surface area contributed by atoms with Crippen molar-refractivity contribution in [2.24, 2.45) is 0 Å². The van der Waals surface area contributed by atoms with Gasteiger partial charge in [-0.3, -0.25) is 9.52 Å². The highest BCUT2D eigenvalue weighted by atomic mass is 32.2. The number of fused-ring (bicyclic) bond motifs is 2. The molecular weight excluding hydrogens is 440 g/mol. The van der Waals surface area contributed by atoms with E-state index in [2.05, 4.69) is 22.2 Å². The maximum Gasteiger partial charge on any atom is 0.262 e. The van der Waals surface area contributed by atoms with Gasteiger partial charge in [-0.2, -0.15) is 0 Å². The van der Waals surface area contributed by atoms with Gasteiger partial charge in [0.25, 0.3) is 15.9 Å². The number of anilines is 1. The Morgan fingerprint density at radius 3 is 2.48 bits per heavy atom. The molecule has 3 aromatic carbocycles. The molecule has 3 aromatic rings. The number of sulfonamides is 1. The van der Waals surface area contributed by atoms with Crippen LogP contribution in [-0.4, -0.2) is 27.5 Å². The van der Waals surface area contributed by atoms with E-state index in [0.717, 1.165) is 19.3 Å². The van der Waals surface area contributed by atoms with Gasteiger partial charge in [0, 0.05) is 17.3 Å². The van der Waals surface area contributed by atoms with Crippen LogP contribution in [0.25, 0.3) is 0 Å². The first-order valence-electron chi connectivity index (χ1n) is 10.9. The summed E-state index contributed by atoms with van der Waals surface area (Å²) in [5, 5.41) is 3.11. The van der Waals surface area contributed by atoms with Crippen LogP contribution in [0.2, 0.25) is 0 Å². The Balaban J connectivity index is 1.27. The Hall–Kier alpha value is -3.52. The van der Waals surface area contributed by atoms with Crippen LogP contribution < -0.4 is 19.5 Å². The first kappa shape index (κ1) is 21.3. The Morgan fingerprint density at radius 2 is 1.67 bits per heavy atom. The summed E-state index contributed by atoms with van der Waals surface area (Å²) in [6, 6.07) is 19.1. The fourth-order valence-electron chi connectivity index (χ4n) is 4.24. The molecular formula is C25H24N2O5S. The minimum atomic E-state index is -3.82. The van der Waals surface area contributed by atoms with Gasteiger partial charge in [0.05, 0.1) is 10.9 Å². The molecule has 1 aliphatic heterocycles. The van der Waals surface area contributed by atoms with Crippen molar-refractivity contribution in [3.63, 3.8) is 0 Å². The van der Waals surface area contributed by atoms with Crippen LogP contribution in [0.1, 0.15) is 40.4 Å². The molecule has 0 radical (unpaired) electrons. The second-order valence-electron chi connectivity index (χ2n) is 8.11. The quantitative estimate of drug-likeness (QED) is 0.594. The van der Waals surface area contributed by atoms with E-state index in [1.807, 2.05) is 12.1 Å². The summed E-state index contributed by atoms with van der Waals surface area (Å²) in [6.07, 6.45) is 2.96. The summed E-state index contributed by atoms with van der Waals surface area (Å²) >= 11 is 0. The molecule has 1 aliphatic carbocycles. The van der Waals surface area contributed by atoms with Crippen molar-refractivity contribution in [1.82, 2.24) is 5.32 Å². The van der Waals surface area contributed by atoms with Gasteiger partial charge in [-0.25, -0.2) is 8.42 Å². The van der Waals surface area contributed by atoms with E-state index in [1.165, 1.54) is 23.3 Å². The molecule has 2 aliphatic rings. The van der Waals surface area contributed by atoms with Gasteiger partial charge in [0.15, 0.2) is 11.5 Å². The molecule has 0 spiro atoms. The number of aryl methyl sites for hydroxylation is 1. The normalized spacial score (nSPS) is 17.0. The van der Waals surface area contributed by atoms with Crippen LogP contribution in [0, 0.1) is 0 Å². The van der Waals surface area contributed by atoms with Crippen molar-refractivity contribution in [2.75, 3.05) is 17.9 Å². The predicted molar refractivity (Wildman–Crippen MR) is 124 cm³/mol. The highest BCUT2D eigenvalue weighted by Gasteiger charge is 2.22. The smallest absolute Gasteiger partial charge is 0.262 e.